The average molecular weight is 413 g/mol. The van der Waals surface area contributed by atoms with Crippen molar-refractivity contribution in [3.63, 3.8) is 0 Å². The Balaban J connectivity index is 1.51. The van der Waals surface area contributed by atoms with Crippen molar-refractivity contribution in [2.24, 2.45) is 0 Å². The molecule has 2 aromatic carbocycles. The number of anilines is 1. The number of rotatable bonds is 9. The highest BCUT2D eigenvalue weighted by atomic mass is 32.2. The first-order chi connectivity index (χ1) is 13.6. The number of hydrogen-bond donors (Lipinski definition) is 1. The van der Waals surface area contributed by atoms with E-state index in [4.69, 9.17) is 0 Å². The number of nitrogens with one attached hydrogen (secondary N) is 1. The average Bonchev–Trinajstić information content (AvgIpc) is 3.20. The van der Waals surface area contributed by atoms with Crippen LogP contribution >= 0.6 is 23.1 Å². The van der Waals surface area contributed by atoms with Crippen LogP contribution in [-0.4, -0.2) is 42.5 Å². The lowest BCUT2D eigenvalue weighted by atomic mass is 9.88. The molecule has 28 heavy (non-hydrogen) atoms. The van der Waals surface area contributed by atoms with Gasteiger partial charge in [-0.2, -0.15) is 0 Å². The molecular formula is C21H24N4OS2. The smallest absolute Gasteiger partial charge is 0.230 e. The summed E-state index contributed by atoms with van der Waals surface area (Å²) < 4.78 is 0.810. The molecule has 0 saturated heterocycles. The van der Waals surface area contributed by atoms with Crippen LogP contribution in [0.25, 0.3) is 0 Å². The molecule has 0 saturated carbocycles. The van der Waals surface area contributed by atoms with Gasteiger partial charge in [-0.25, -0.2) is 0 Å². The maximum absolute atomic E-state index is 12.2. The number of benzene rings is 2. The lowest BCUT2D eigenvalue weighted by Crippen LogP contribution is -2.27. The summed E-state index contributed by atoms with van der Waals surface area (Å²) in [5.74, 6) is 0.635. The highest BCUT2D eigenvalue weighted by Gasteiger charge is 2.14. The van der Waals surface area contributed by atoms with Crippen LogP contribution in [0, 0.1) is 0 Å². The molecule has 0 fully saturated rings. The second-order valence-corrected chi connectivity index (χ2v) is 8.72. The van der Waals surface area contributed by atoms with Crippen LogP contribution < -0.4 is 10.2 Å². The van der Waals surface area contributed by atoms with E-state index in [0.717, 1.165) is 15.9 Å². The molecule has 7 heteroatoms. The van der Waals surface area contributed by atoms with Gasteiger partial charge in [0.15, 0.2) is 4.34 Å². The van der Waals surface area contributed by atoms with Crippen LogP contribution in [0.3, 0.4) is 0 Å². The highest BCUT2D eigenvalue weighted by Crippen LogP contribution is 2.28. The summed E-state index contributed by atoms with van der Waals surface area (Å²) in [6, 6.07) is 20.9. The number of carbonyl (C=O) groups is 1. The van der Waals surface area contributed by atoms with Crippen LogP contribution in [-0.2, 0) is 4.79 Å². The van der Waals surface area contributed by atoms with Gasteiger partial charge >= 0.3 is 0 Å². The van der Waals surface area contributed by atoms with Gasteiger partial charge in [-0.1, -0.05) is 83.8 Å². The fourth-order valence-corrected chi connectivity index (χ4v) is 4.47. The summed E-state index contributed by atoms with van der Waals surface area (Å²) in [7, 11) is 3.86. The minimum Gasteiger partial charge on any atom is -0.355 e. The second-order valence-electron chi connectivity index (χ2n) is 6.55. The van der Waals surface area contributed by atoms with E-state index in [1.807, 2.05) is 31.1 Å². The first-order valence-electron chi connectivity index (χ1n) is 9.13. The van der Waals surface area contributed by atoms with E-state index >= 15 is 0 Å². The van der Waals surface area contributed by atoms with E-state index in [1.165, 1.54) is 34.2 Å². The molecule has 5 nitrogen and oxygen atoms in total. The van der Waals surface area contributed by atoms with Crippen molar-refractivity contribution in [1.29, 1.82) is 0 Å². The third kappa shape index (κ3) is 5.81. The summed E-state index contributed by atoms with van der Waals surface area (Å²) in [6.45, 7) is 0.632. The van der Waals surface area contributed by atoms with E-state index in [1.54, 1.807) is 0 Å². The maximum Gasteiger partial charge on any atom is 0.230 e. The number of amides is 1. The third-order valence-corrected chi connectivity index (χ3v) is 6.49. The van der Waals surface area contributed by atoms with Crippen molar-refractivity contribution in [2.45, 2.75) is 16.7 Å². The molecule has 0 bridgehead atoms. The van der Waals surface area contributed by atoms with Crippen LogP contribution in [0.15, 0.2) is 65.0 Å². The number of aromatic nitrogens is 2. The first kappa shape index (κ1) is 20.4. The van der Waals surface area contributed by atoms with Crippen molar-refractivity contribution >= 4 is 34.1 Å². The van der Waals surface area contributed by atoms with Gasteiger partial charge in [0.1, 0.15) is 0 Å². The molecular weight excluding hydrogens is 388 g/mol. The zero-order valence-electron chi connectivity index (χ0n) is 16.0. The Morgan fingerprint density at radius 1 is 1.04 bits per heavy atom. The summed E-state index contributed by atoms with van der Waals surface area (Å²) in [5.41, 5.74) is 2.53. The van der Waals surface area contributed by atoms with Gasteiger partial charge in [0, 0.05) is 26.6 Å². The van der Waals surface area contributed by atoms with Gasteiger partial charge in [-0.05, 0) is 17.5 Å². The molecule has 0 radical (unpaired) electrons. The molecule has 0 aliphatic heterocycles. The molecule has 0 spiro atoms. The number of thioether (sulfide) groups is 1. The van der Waals surface area contributed by atoms with Gasteiger partial charge in [0.05, 0.1) is 5.75 Å². The molecule has 1 N–H and O–H groups in total. The number of carbonyl (C=O) groups excluding carboxylic acids is 1. The van der Waals surface area contributed by atoms with Crippen LogP contribution in [0.4, 0.5) is 5.13 Å². The maximum atomic E-state index is 12.2. The molecule has 1 aromatic heterocycles. The van der Waals surface area contributed by atoms with Gasteiger partial charge in [-0.15, -0.1) is 10.2 Å². The van der Waals surface area contributed by atoms with Crippen LogP contribution in [0.2, 0.25) is 0 Å². The van der Waals surface area contributed by atoms with Crippen molar-refractivity contribution in [2.75, 3.05) is 31.3 Å². The molecule has 146 valence electrons. The molecule has 3 aromatic rings. The fraction of sp³-hybridized carbons (Fsp3) is 0.286. The van der Waals surface area contributed by atoms with Gasteiger partial charge in [0.25, 0.3) is 0 Å². The third-order valence-electron chi connectivity index (χ3n) is 4.26. The number of nitrogens with zero attached hydrogens (tertiary/aromatic N) is 3. The fourth-order valence-electron chi connectivity index (χ4n) is 2.87. The Morgan fingerprint density at radius 3 is 2.18 bits per heavy atom. The standard InChI is InChI=1S/C21H24N4OS2/c1-25(2)20-23-24-21(28-20)27-15-19(26)22-14-13-18(16-9-5-3-6-10-16)17-11-7-4-8-12-17/h3-12,18H,13-15H2,1-2H3,(H,22,26). The highest BCUT2D eigenvalue weighted by molar-refractivity contribution is 8.01. The SMILES string of the molecule is CN(C)c1nnc(SCC(=O)NCCC(c2ccccc2)c2ccccc2)s1. The Labute approximate surface area is 174 Å². The number of hydrogen-bond acceptors (Lipinski definition) is 6. The van der Waals surface area contributed by atoms with Crippen molar-refractivity contribution in [3.05, 3.63) is 71.8 Å². The lowest BCUT2D eigenvalue weighted by Gasteiger charge is -2.18. The summed E-state index contributed by atoms with van der Waals surface area (Å²) in [6.07, 6.45) is 0.855. The predicted molar refractivity (Wildman–Crippen MR) is 117 cm³/mol. The predicted octanol–water partition coefficient (Wildman–Crippen LogP) is 4.03. The van der Waals surface area contributed by atoms with Gasteiger partial charge < -0.3 is 10.2 Å². The molecule has 0 aliphatic rings. The molecule has 3 rings (SSSR count). The van der Waals surface area contributed by atoms with Crippen LogP contribution in [0.5, 0.6) is 0 Å². The molecule has 1 amide bonds. The minimum absolute atomic E-state index is 0.0199. The monoisotopic (exact) mass is 412 g/mol. The van der Waals surface area contributed by atoms with E-state index in [0.29, 0.717) is 12.3 Å². The summed E-state index contributed by atoms with van der Waals surface area (Å²) in [5, 5.41) is 12.1. The molecule has 1 heterocycles. The Morgan fingerprint density at radius 2 is 1.64 bits per heavy atom. The Kier molecular flexibility index (Phi) is 7.45. The van der Waals surface area contributed by atoms with E-state index in [9.17, 15) is 4.79 Å². The van der Waals surface area contributed by atoms with E-state index < -0.39 is 0 Å². The van der Waals surface area contributed by atoms with Gasteiger partial charge in [0.2, 0.25) is 11.0 Å². The first-order valence-corrected chi connectivity index (χ1v) is 10.9. The van der Waals surface area contributed by atoms with Crippen LogP contribution in [0.1, 0.15) is 23.5 Å². The minimum atomic E-state index is 0.0199. The van der Waals surface area contributed by atoms with Crippen molar-refractivity contribution < 1.29 is 4.79 Å². The van der Waals surface area contributed by atoms with Crippen molar-refractivity contribution in [3.8, 4) is 0 Å². The normalized spacial score (nSPS) is 10.8. The molecule has 0 unspecified atom stereocenters. The molecule has 0 atom stereocenters. The summed E-state index contributed by atoms with van der Waals surface area (Å²) >= 11 is 2.92. The quantitative estimate of drug-likeness (QED) is 0.538. The second kappa shape index (κ2) is 10.2. The largest absolute Gasteiger partial charge is 0.355 e. The van der Waals surface area contributed by atoms with E-state index in [2.05, 4.69) is 64.0 Å². The topological polar surface area (TPSA) is 58.1 Å². The van der Waals surface area contributed by atoms with E-state index in [-0.39, 0.29) is 11.8 Å². The summed E-state index contributed by atoms with van der Waals surface area (Å²) in [4.78, 5) is 14.1. The van der Waals surface area contributed by atoms with Gasteiger partial charge in [-0.3, -0.25) is 4.79 Å². The Bertz CT molecular complexity index is 829. The Hall–Kier alpha value is -2.38. The molecule has 0 aliphatic carbocycles. The van der Waals surface area contributed by atoms with Crippen molar-refractivity contribution in [1.82, 2.24) is 15.5 Å². The lowest BCUT2D eigenvalue weighted by molar-refractivity contribution is -0.118. The zero-order valence-corrected chi connectivity index (χ0v) is 17.7. The zero-order chi connectivity index (χ0) is 19.8.